The van der Waals surface area contributed by atoms with Crippen LogP contribution in [0.3, 0.4) is 0 Å². The normalized spacial score (nSPS) is 21.5. The van der Waals surface area contributed by atoms with E-state index in [4.69, 9.17) is 0 Å². The number of nitrogens with zero attached hydrogens (tertiary/aromatic N) is 1. The number of aryl methyl sites for hydroxylation is 1. The molecule has 0 unspecified atom stereocenters. The Bertz CT molecular complexity index is 588. The highest BCUT2D eigenvalue weighted by atomic mass is 79.9. The van der Waals surface area contributed by atoms with Crippen LogP contribution in [0, 0.1) is 6.92 Å². The van der Waals surface area contributed by atoms with Crippen molar-refractivity contribution in [3.05, 3.63) is 63.9 Å². The van der Waals surface area contributed by atoms with Gasteiger partial charge in [-0.15, -0.1) is 0 Å². The molecule has 1 aliphatic carbocycles. The van der Waals surface area contributed by atoms with Crippen LogP contribution in [0.4, 0.5) is 0 Å². The van der Waals surface area contributed by atoms with Crippen LogP contribution in [0.5, 0.6) is 0 Å². The second-order valence-electron chi connectivity index (χ2n) is 5.57. The molecule has 1 N–H and O–H groups in total. The van der Waals surface area contributed by atoms with E-state index in [0.717, 1.165) is 6.54 Å². The van der Waals surface area contributed by atoms with Crippen LogP contribution in [0.25, 0.3) is 0 Å². The summed E-state index contributed by atoms with van der Waals surface area (Å²) in [5.41, 5.74) is 4.06. The van der Waals surface area contributed by atoms with Crippen molar-refractivity contribution in [2.45, 2.75) is 38.3 Å². The predicted octanol–water partition coefficient (Wildman–Crippen LogP) is 4.19. The molecule has 0 bridgehead atoms. The van der Waals surface area contributed by atoms with Gasteiger partial charge in [0.15, 0.2) is 0 Å². The van der Waals surface area contributed by atoms with Gasteiger partial charge in [0, 0.05) is 29.5 Å². The number of rotatable bonds is 4. The topological polar surface area (TPSA) is 24.9 Å². The van der Waals surface area contributed by atoms with Gasteiger partial charge in [0.25, 0.3) is 0 Å². The van der Waals surface area contributed by atoms with E-state index in [9.17, 15) is 0 Å². The molecular weight excluding hydrogens is 312 g/mol. The van der Waals surface area contributed by atoms with E-state index in [1.165, 1.54) is 34.0 Å². The molecule has 0 aliphatic heterocycles. The van der Waals surface area contributed by atoms with E-state index in [-0.39, 0.29) is 0 Å². The summed E-state index contributed by atoms with van der Waals surface area (Å²) < 4.78 is 1.24. The zero-order valence-electron chi connectivity index (χ0n) is 11.6. The van der Waals surface area contributed by atoms with Gasteiger partial charge in [-0.05, 0) is 54.5 Å². The van der Waals surface area contributed by atoms with Gasteiger partial charge in [0.2, 0.25) is 0 Å². The van der Waals surface area contributed by atoms with Crippen LogP contribution < -0.4 is 5.32 Å². The van der Waals surface area contributed by atoms with Gasteiger partial charge < -0.3 is 5.32 Å². The molecule has 2 aromatic rings. The van der Waals surface area contributed by atoms with Crippen molar-refractivity contribution in [3.8, 4) is 0 Å². The molecule has 20 heavy (non-hydrogen) atoms. The molecule has 0 saturated heterocycles. The number of hydrogen-bond donors (Lipinski definition) is 1. The van der Waals surface area contributed by atoms with Gasteiger partial charge in [0.05, 0.1) is 0 Å². The van der Waals surface area contributed by atoms with Gasteiger partial charge in [-0.1, -0.05) is 34.1 Å². The van der Waals surface area contributed by atoms with Crippen LogP contribution in [0.2, 0.25) is 0 Å². The molecule has 3 heteroatoms. The molecule has 3 rings (SSSR count). The van der Waals surface area contributed by atoms with Crippen LogP contribution in [-0.2, 0) is 6.54 Å². The predicted molar refractivity (Wildman–Crippen MR) is 85.7 cm³/mol. The maximum atomic E-state index is 4.20. The lowest BCUT2D eigenvalue weighted by atomic mass is 9.76. The zero-order chi connectivity index (χ0) is 13.9. The molecule has 0 atom stereocenters. The summed E-state index contributed by atoms with van der Waals surface area (Å²) in [6, 6.07) is 11.3. The molecule has 0 radical (unpaired) electrons. The molecule has 1 aromatic carbocycles. The Labute approximate surface area is 128 Å². The lowest BCUT2D eigenvalue weighted by Crippen LogP contribution is -2.39. The summed E-state index contributed by atoms with van der Waals surface area (Å²) in [6.07, 6.45) is 6.27. The number of nitrogens with one attached hydrogen (secondary N) is 1. The molecular formula is C17H19BrN2. The average Bonchev–Trinajstić information content (AvgIpc) is 2.41. The molecule has 1 aromatic heterocycles. The van der Waals surface area contributed by atoms with Crippen molar-refractivity contribution in [1.82, 2.24) is 10.3 Å². The molecule has 1 aliphatic rings. The fraction of sp³-hybridized carbons (Fsp3) is 0.353. The van der Waals surface area contributed by atoms with Crippen molar-refractivity contribution in [1.29, 1.82) is 0 Å². The first-order chi connectivity index (χ1) is 9.74. The minimum Gasteiger partial charge on any atom is -0.310 e. The van der Waals surface area contributed by atoms with E-state index >= 15 is 0 Å². The quantitative estimate of drug-likeness (QED) is 0.909. The number of hydrogen-bond acceptors (Lipinski definition) is 2. The number of pyridine rings is 1. The zero-order valence-corrected chi connectivity index (χ0v) is 13.2. The third kappa shape index (κ3) is 2.94. The summed E-state index contributed by atoms with van der Waals surface area (Å²) >= 11 is 3.65. The Morgan fingerprint density at radius 1 is 1.25 bits per heavy atom. The van der Waals surface area contributed by atoms with Crippen molar-refractivity contribution < 1.29 is 0 Å². The van der Waals surface area contributed by atoms with E-state index < -0.39 is 0 Å². The molecule has 104 valence electrons. The fourth-order valence-electron chi connectivity index (χ4n) is 2.78. The fourth-order valence-corrected chi connectivity index (χ4v) is 3.39. The summed E-state index contributed by atoms with van der Waals surface area (Å²) in [5, 5.41) is 3.64. The Morgan fingerprint density at radius 3 is 2.80 bits per heavy atom. The van der Waals surface area contributed by atoms with Crippen molar-refractivity contribution in [3.63, 3.8) is 0 Å². The number of benzene rings is 1. The largest absolute Gasteiger partial charge is 0.310 e. The van der Waals surface area contributed by atoms with E-state index in [0.29, 0.717) is 12.0 Å². The van der Waals surface area contributed by atoms with Crippen LogP contribution in [0.1, 0.15) is 35.4 Å². The summed E-state index contributed by atoms with van der Waals surface area (Å²) in [7, 11) is 0. The third-order valence-electron chi connectivity index (χ3n) is 4.21. The van der Waals surface area contributed by atoms with E-state index in [1.54, 1.807) is 0 Å². The van der Waals surface area contributed by atoms with Crippen molar-refractivity contribution in [2.75, 3.05) is 0 Å². The third-order valence-corrected chi connectivity index (χ3v) is 4.93. The maximum Gasteiger partial charge on any atom is 0.0315 e. The maximum absolute atomic E-state index is 4.20. The first kappa shape index (κ1) is 13.8. The monoisotopic (exact) mass is 330 g/mol. The highest BCUT2D eigenvalue weighted by molar-refractivity contribution is 9.10. The Balaban J connectivity index is 1.52. The minimum atomic E-state index is 0.631. The molecule has 0 spiro atoms. The van der Waals surface area contributed by atoms with Gasteiger partial charge in [-0.3, -0.25) is 4.98 Å². The van der Waals surface area contributed by atoms with Gasteiger partial charge >= 0.3 is 0 Å². The molecule has 1 fully saturated rings. The van der Waals surface area contributed by atoms with Crippen LogP contribution in [-0.4, -0.2) is 11.0 Å². The summed E-state index contributed by atoms with van der Waals surface area (Å²) in [4.78, 5) is 4.20. The highest BCUT2D eigenvalue weighted by Gasteiger charge is 2.30. The lowest BCUT2D eigenvalue weighted by molar-refractivity contribution is 0.288. The van der Waals surface area contributed by atoms with Crippen molar-refractivity contribution >= 4 is 15.9 Å². The van der Waals surface area contributed by atoms with E-state index in [1.807, 2.05) is 12.4 Å². The lowest BCUT2D eigenvalue weighted by Gasteiger charge is -2.37. The molecule has 1 heterocycles. The van der Waals surface area contributed by atoms with Gasteiger partial charge in [-0.2, -0.15) is 0 Å². The molecule has 2 nitrogen and oxygen atoms in total. The number of halogens is 1. The first-order valence-corrected chi connectivity index (χ1v) is 7.90. The van der Waals surface area contributed by atoms with E-state index in [2.05, 4.69) is 63.5 Å². The smallest absolute Gasteiger partial charge is 0.0315 e. The van der Waals surface area contributed by atoms with Crippen LogP contribution in [0.15, 0.2) is 47.2 Å². The Kier molecular flexibility index (Phi) is 4.18. The second kappa shape index (κ2) is 6.06. The SMILES string of the molecule is Cc1ccncc1CNC1CC(c2ccccc2Br)C1. The highest BCUT2D eigenvalue weighted by Crippen LogP contribution is 2.40. The molecule has 0 amide bonds. The summed E-state index contributed by atoms with van der Waals surface area (Å²) in [5.74, 6) is 0.693. The second-order valence-corrected chi connectivity index (χ2v) is 6.42. The first-order valence-electron chi connectivity index (χ1n) is 7.11. The standard InChI is InChI=1S/C17H19BrN2/c1-12-6-7-19-10-14(12)11-20-15-8-13(9-15)16-4-2-3-5-17(16)18/h2-7,10,13,15,20H,8-9,11H2,1H3. The van der Waals surface area contributed by atoms with Crippen LogP contribution >= 0.6 is 15.9 Å². The minimum absolute atomic E-state index is 0.631. The van der Waals surface area contributed by atoms with Gasteiger partial charge in [0.1, 0.15) is 0 Å². The van der Waals surface area contributed by atoms with Gasteiger partial charge in [-0.25, -0.2) is 0 Å². The Hall–Kier alpha value is -1.19. The number of aromatic nitrogens is 1. The Morgan fingerprint density at radius 2 is 2.05 bits per heavy atom. The molecule has 1 saturated carbocycles. The summed E-state index contributed by atoms with van der Waals surface area (Å²) in [6.45, 7) is 3.07. The van der Waals surface area contributed by atoms with Crippen molar-refractivity contribution in [2.24, 2.45) is 0 Å². The average molecular weight is 331 g/mol.